The van der Waals surface area contributed by atoms with E-state index in [1.165, 1.54) is 60.7 Å². The molecule has 3 aromatic heterocycles. The fraction of sp³-hybridized carbons (Fsp3) is 0. The Morgan fingerprint density at radius 1 is 0.353 bits per heavy atom. The van der Waals surface area contributed by atoms with E-state index in [-0.39, 0.29) is 78.3 Å². The summed E-state index contributed by atoms with van der Waals surface area (Å²) >= 11 is 0. The molecule has 0 unspecified atom stereocenters. The van der Waals surface area contributed by atoms with Crippen molar-refractivity contribution in [2.75, 3.05) is 14.7 Å². The van der Waals surface area contributed by atoms with Gasteiger partial charge in [-0.05, 0) is 97.1 Å². The van der Waals surface area contributed by atoms with Crippen LogP contribution in [0.4, 0.5) is 17.1 Å². The molecule has 0 spiro atoms. The predicted molar refractivity (Wildman–Crippen MR) is 247 cm³/mol. The zero-order valence-corrected chi connectivity index (χ0v) is 34.8. The fourth-order valence-corrected chi connectivity index (χ4v) is 9.61. The minimum Gasteiger partial charge on any atom is -0.355 e. The van der Waals surface area contributed by atoms with E-state index in [1.807, 2.05) is 0 Å². The second-order valence-electron chi connectivity index (χ2n) is 16.4. The molecule has 9 heterocycles. The molecule has 0 aliphatic carbocycles. The van der Waals surface area contributed by atoms with E-state index < -0.39 is 58.6 Å². The summed E-state index contributed by atoms with van der Waals surface area (Å²) in [7, 11) is 0. The van der Waals surface area contributed by atoms with Crippen LogP contribution in [0.25, 0.3) is 46.0 Å². The molecule has 0 fully saturated rings. The Kier molecular flexibility index (Phi) is 7.80. The zero-order valence-electron chi connectivity index (χ0n) is 34.8. The number of anilines is 3. The Balaban J connectivity index is 1.24. The highest BCUT2D eigenvalue weighted by Crippen LogP contribution is 2.50. The number of rotatable bonds is 4. The Morgan fingerprint density at radius 2 is 0.721 bits per heavy atom. The standard InChI is InChI=1S/C52H26N8O8/c61-45-30-9-1-2-10-31(30)46(62)57(45)39-24-29-22-27-18-17-25(53-27)21-26-19-20-28(54-26)23-38-42(58-47(63)32-11-3-4-12-33(32)48(58)64)44(60-51(67)36-15-7-8-16-37(36)52(60)68)41(56-38)43(40(39)55-29)59-49(65)34-13-5-6-14-35(34)50(59)66/h1-24,53,56H. The van der Waals surface area contributed by atoms with Gasteiger partial charge in [0.05, 0.1) is 78.3 Å². The molecular weight excluding hydrogens is 865 g/mol. The van der Waals surface area contributed by atoms with Crippen molar-refractivity contribution in [2.45, 2.75) is 0 Å². The lowest BCUT2D eigenvalue weighted by Crippen LogP contribution is -2.35. The molecule has 16 nitrogen and oxygen atoms in total. The van der Waals surface area contributed by atoms with E-state index in [0.717, 1.165) is 19.6 Å². The molecule has 8 bridgehead atoms. The van der Waals surface area contributed by atoms with Crippen molar-refractivity contribution in [1.29, 1.82) is 0 Å². The molecule has 0 radical (unpaired) electrons. The largest absolute Gasteiger partial charge is 0.355 e. The van der Waals surface area contributed by atoms with E-state index in [1.54, 1.807) is 84.9 Å². The lowest BCUT2D eigenvalue weighted by Gasteiger charge is -2.24. The quantitative estimate of drug-likeness (QED) is 0.165. The van der Waals surface area contributed by atoms with Gasteiger partial charge in [0, 0.05) is 11.0 Å². The zero-order chi connectivity index (χ0) is 46.3. The topological polar surface area (TPSA) is 207 Å². The Hall–Kier alpha value is -9.96. The summed E-state index contributed by atoms with van der Waals surface area (Å²) in [6.45, 7) is 0. The summed E-state index contributed by atoms with van der Waals surface area (Å²) < 4.78 is 0. The summed E-state index contributed by atoms with van der Waals surface area (Å²) in [6.07, 6.45) is 4.86. The average Bonchev–Trinajstić information content (AvgIpc) is 4.25. The minimum atomic E-state index is -0.862. The van der Waals surface area contributed by atoms with E-state index in [9.17, 15) is 28.8 Å². The number of fused-ring (bicyclic) bond motifs is 12. The first-order chi connectivity index (χ1) is 33.0. The van der Waals surface area contributed by atoms with E-state index in [4.69, 9.17) is 9.97 Å². The number of benzene rings is 4. The van der Waals surface area contributed by atoms with Crippen LogP contribution >= 0.6 is 0 Å². The smallest absolute Gasteiger partial charge is 0.266 e. The summed E-state index contributed by atoms with van der Waals surface area (Å²) in [6, 6.07) is 32.9. The number of H-pyrrole nitrogens is 2. The van der Waals surface area contributed by atoms with Crippen molar-refractivity contribution in [1.82, 2.24) is 24.8 Å². The number of aromatic amines is 2. The van der Waals surface area contributed by atoms with Gasteiger partial charge in [-0.25, -0.2) is 29.6 Å². The number of carbonyl (C=O) groups is 8. The summed E-state index contributed by atoms with van der Waals surface area (Å²) in [5.74, 6) is -6.53. The molecule has 322 valence electrons. The predicted octanol–water partition coefficient (Wildman–Crippen LogP) is 7.68. The molecule has 8 amide bonds. The lowest BCUT2D eigenvalue weighted by molar-refractivity contribution is 0.0733. The van der Waals surface area contributed by atoms with Crippen molar-refractivity contribution >= 4 is 110 Å². The third-order valence-corrected chi connectivity index (χ3v) is 12.6. The highest BCUT2D eigenvalue weighted by atomic mass is 16.2. The molecule has 68 heavy (non-hydrogen) atoms. The molecule has 13 rings (SSSR count). The molecule has 6 aliphatic rings. The number of nitrogens with zero attached hydrogens (tertiary/aromatic N) is 6. The molecular formula is C52H26N8O8. The Labute approximate surface area is 381 Å². The second-order valence-corrected chi connectivity index (χ2v) is 16.4. The van der Waals surface area contributed by atoms with Crippen molar-refractivity contribution in [2.24, 2.45) is 0 Å². The van der Waals surface area contributed by atoms with Gasteiger partial charge in [0.1, 0.15) is 22.8 Å². The molecule has 2 N–H and O–H groups in total. The number of nitrogens with one attached hydrogen (secondary N) is 2. The van der Waals surface area contributed by atoms with Gasteiger partial charge in [0.2, 0.25) is 0 Å². The van der Waals surface area contributed by atoms with Crippen LogP contribution in [0.2, 0.25) is 0 Å². The third kappa shape index (κ3) is 5.24. The van der Waals surface area contributed by atoms with Gasteiger partial charge in [-0.2, -0.15) is 0 Å². The normalized spacial score (nSPS) is 15.8. The van der Waals surface area contributed by atoms with Gasteiger partial charge >= 0.3 is 0 Å². The number of carbonyl (C=O) groups excluding carboxylic acids is 8. The Bertz CT molecular complexity index is 3770. The van der Waals surface area contributed by atoms with Crippen LogP contribution in [0, 0.1) is 0 Å². The van der Waals surface area contributed by atoms with Crippen LogP contribution in [0.1, 0.15) is 106 Å². The van der Waals surface area contributed by atoms with Gasteiger partial charge < -0.3 is 9.97 Å². The number of hydrogen-bond donors (Lipinski definition) is 2. The number of amides is 8. The monoisotopic (exact) mass is 890 g/mol. The first kappa shape index (κ1) is 38.5. The highest BCUT2D eigenvalue weighted by Gasteiger charge is 2.49. The van der Waals surface area contributed by atoms with Gasteiger partial charge in [-0.1, -0.05) is 48.5 Å². The van der Waals surface area contributed by atoms with E-state index in [0.29, 0.717) is 22.4 Å². The van der Waals surface area contributed by atoms with Gasteiger partial charge in [0.25, 0.3) is 47.3 Å². The highest BCUT2D eigenvalue weighted by molar-refractivity contribution is 6.43. The van der Waals surface area contributed by atoms with Crippen LogP contribution < -0.4 is 14.7 Å². The van der Waals surface area contributed by atoms with Crippen molar-refractivity contribution in [3.05, 3.63) is 195 Å². The molecule has 4 aromatic carbocycles. The first-order valence-electron chi connectivity index (χ1n) is 21.2. The molecule has 16 heteroatoms. The molecule has 0 atom stereocenters. The lowest BCUT2D eigenvalue weighted by atomic mass is 10.1. The van der Waals surface area contributed by atoms with E-state index >= 15 is 9.59 Å². The second kappa shape index (κ2) is 13.8. The molecule has 6 aliphatic heterocycles. The van der Waals surface area contributed by atoms with Crippen molar-refractivity contribution in [3.63, 3.8) is 0 Å². The number of imide groups is 4. The summed E-state index contributed by atoms with van der Waals surface area (Å²) in [5, 5.41) is 0. The van der Waals surface area contributed by atoms with Crippen molar-refractivity contribution in [3.8, 4) is 0 Å². The number of hydrogen-bond acceptors (Lipinski definition) is 10. The van der Waals surface area contributed by atoms with Crippen LogP contribution in [0.3, 0.4) is 0 Å². The van der Waals surface area contributed by atoms with Crippen LogP contribution in [0.15, 0.2) is 127 Å². The van der Waals surface area contributed by atoms with Crippen LogP contribution in [-0.4, -0.2) is 72.1 Å². The maximum Gasteiger partial charge on any atom is 0.266 e. The van der Waals surface area contributed by atoms with Gasteiger partial charge in [0.15, 0.2) is 0 Å². The number of aromatic nitrogens is 4. The molecule has 7 aromatic rings. The maximum atomic E-state index is 15.0. The van der Waals surface area contributed by atoms with Gasteiger partial charge in [-0.15, -0.1) is 0 Å². The molecule has 0 saturated heterocycles. The summed E-state index contributed by atoms with van der Waals surface area (Å²) in [5.41, 5.74) is 0.300. The maximum absolute atomic E-state index is 15.0. The Morgan fingerprint density at radius 3 is 1.16 bits per heavy atom. The SMILES string of the molecule is O=C1c2ccccc2C(=O)N1C1=Cc2cc3ccc(cc4nc(cc5[nH]c(c(N6C(=O)c7ccccc7C6=O)c1n2)c(N1C(=O)c2ccccc2C1=O)c5N1C(=O)c2ccccc2C1=O)C=C4)[nH]3. The summed E-state index contributed by atoms with van der Waals surface area (Å²) in [4.78, 5) is 138. The van der Waals surface area contributed by atoms with Crippen LogP contribution in [-0.2, 0) is 0 Å². The van der Waals surface area contributed by atoms with Crippen molar-refractivity contribution < 1.29 is 38.4 Å². The van der Waals surface area contributed by atoms with Gasteiger partial charge in [-0.3, -0.25) is 38.4 Å². The van der Waals surface area contributed by atoms with Crippen LogP contribution in [0.5, 0.6) is 0 Å². The average molecular weight is 891 g/mol. The first-order valence-corrected chi connectivity index (χ1v) is 21.2. The molecule has 0 saturated carbocycles. The minimum absolute atomic E-state index is 0.0114. The van der Waals surface area contributed by atoms with E-state index in [2.05, 4.69) is 9.97 Å². The fourth-order valence-electron chi connectivity index (χ4n) is 9.61. The third-order valence-electron chi connectivity index (χ3n) is 12.6.